The van der Waals surface area contributed by atoms with Crippen LogP contribution < -0.4 is 0 Å². The summed E-state index contributed by atoms with van der Waals surface area (Å²) in [6, 6.07) is 7.91. The largest absolute Gasteiger partial charge is 0.433 e. The fourth-order valence-electron chi connectivity index (χ4n) is 4.17. The van der Waals surface area contributed by atoms with Crippen LogP contribution in [0.5, 0.6) is 0 Å². The highest BCUT2D eigenvalue weighted by Gasteiger charge is 2.33. The second-order valence-corrected chi connectivity index (χ2v) is 8.04. The number of likely N-dealkylation sites (tertiary alicyclic amines) is 1. The number of amides is 1. The number of alkyl halides is 3. The maximum Gasteiger partial charge on any atom is 0.433 e. The molecule has 5 rings (SSSR count). The molecule has 9 heteroatoms. The Morgan fingerprint density at radius 2 is 2.03 bits per heavy atom. The van der Waals surface area contributed by atoms with Crippen LogP contribution in [-0.2, 0) is 6.18 Å². The van der Waals surface area contributed by atoms with Gasteiger partial charge >= 0.3 is 6.18 Å². The van der Waals surface area contributed by atoms with Crippen LogP contribution in [0.25, 0.3) is 16.7 Å². The highest BCUT2D eigenvalue weighted by Crippen LogP contribution is 2.32. The molecular weight excluding hydrogens is 407 g/mol. The van der Waals surface area contributed by atoms with Crippen molar-refractivity contribution in [2.75, 3.05) is 13.1 Å². The first-order valence-corrected chi connectivity index (χ1v) is 10.1. The van der Waals surface area contributed by atoms with Gasteiger partial charge in [-0.15, -0.1) is 0 Å². The fourth-order valence-corrected chi connectivity index (χ4v) is 4.17. The molecule has 1 atom stereocenters. The maximum atomic E-state index is 13.1. The van der Waals surface area contributed by atoms with Gasteiger partial charge in [-0.2, -0.15) is 13.2 Å². The Morgan fingerprint density at radius 1 is 1.19 bits per heavy atom. The molecule has 6 nitrogen and oxygen atoms in total. The zero-order chi connectivity index (χ0) is 21.8. The Balaban J connectivity index is 1.38. The minimum Gasteiger partial charge on any atom is -0.357 e. The molecule has 0 aliphatic carbocycles. The third-order valence-corrected chi connectivity index (χ3v) is 5.77. The molecule has 1 amide bonds. The van der Waals surface area contributed by atoms with E-state index < -0.39 is 11.9 Å². The Morgan fingerprint density at radius 3 is 2.84 bits per heavy atom. The van der Waals surface area contributed by atoms with Crippen LogP contribution in [-0.4, -0.2) is 43.2 Å². The molecule has 5 heterocycles. The second kappa shape index (κ2) is 7.11. The van der Waals surface area contributed by atoms with Crippen LogP contribution in [0, 0.1) is 6.92 Å². The van der Waals surface area contributed by atoms with Crippen molar-refractivity contribution in [1.82, 2.24) is 24.3 Å². The van der Waals surface area contributed by atoms with Gasteiger partial charge in [-0.3, -0.25) is 4.79 Å². The summed E-state index contributed by atoms with van der Waals surface area (Å²) in [5.74, 6) is -0.139. The zero-order valence-electron chi connectivity index (χ0n) is 16.8. The van der Waals surface area contributed by atoms with Crippen LogP contribution in [0.3, 0.4) is 0 Å². The summed E-state index contributed by atoms with van der Waals surface area (Å²) in [6.07, 6.45) is 0.769. The Kier molecular flexibility index (Phi) is 4.49. The lowest BCUT2D eigenvalue weighted by Crippen LogP contribution is -2.39. The minimum atomic E-state index is -4.48. The van der Waals surface area contributed by atoms with Gasteiger partial charge in [0.05, 0.1) is 11.0 Å². The predicted molar refractivity (Wildman–Crippen MR) is 109 cm³/mol. The summed E-state index contributed by atoms with van der Waals surface area (Å²) in [5, 5.41) is 0. The van der Waals surface area contributed by atoms with Gasteiger partial charge in [0.2, 0.25) is 0 Å². The quantitative estimate of drug-likeness (QED) is 0.510. The topological polar surface area (TPSA) is 66.3 Å². The minimum absolute atomic E-state index is 0.000475. The van der Waals surface area contributed by atoms with E-state index in [9.17, 15) is 18.0 Å². The van der Waals surface area contributed by atoms with Crippen molar-refractivity contribution in [3.8, 4) is 0 Å². The number of fused-ring (bicyclic) bond motifs is 2. The lowest BCUT2D eigenvalue weighted by atomic mass is 9.94. The summed E-state index contributed by atoms with van der Waals surface area (Å²) >= 11 is 0. The molecule has 160 valence electrons. The van der Waals surface area contributed by atoms with E-state index in [1.54, 1.807) is 17.2 Å². The van der Waals surface area contributed by atoms with Crippen molar-refractivity contribution in [2.45, 2.75) is 31.9 Å². The smallest absolute Gasteiger partial charge is 0.357 e. The fraction of sp³-hybridized carbons (Fsp3) is 0.318. The highest BCUT2D eigenvalue weighted by atomic mass is 19.4. The van der Waals surface area contributed by atoms with Gasteiger partial charge < -0.3 is 14.3 Å². The van der Waals surface area contributed by atoms with Crippen molar-refractivity contribution in [3.05, 3.63) is 65.4 Å². The zero-order valence-corrected chi connectivity index (χ0v) is 16.8. The number of H-pyrrole nitrogens is 1. The summed E-state index contributed by atoms with van der Waals surface area (Å²) in [6.45, 7) is 3.07. The van der Waals surface area contributed by atoms with Crippen molar-refractivity contribution in [3.63, 3.8) is 0 Å². The number of carbonyl (C=O) groups excluding carboxylic acids is 1. The van der Waals surface area contributed by atoms with Gasteiger partial charge in [0.15, 0.2) is 0 Å². The standard InChI is InChI=1S/C22H20F3N5O/c1-13-6-8-29-12-18(28-20(29)9-13)21(31)30-7-2-3-14(11-30)16-10-17-15(26-16)4-5-19(27-17)22(23,24)25/h4-6,8-10,12,14,26H,2-3,7,11H2,1H3/t14-/m1/s1. The molecule has 0 saturated carbocycles. The van der Waals surface area contributed by atoms with Crippen molar-refractivity contribution < 1.29 is 18.0 Å². The molecule has 4 aromatic heterocycles. The molecule has 1 saturated heterocycles. The van der Waals surface area contributed by atoms with E-state index in [2.05, 4.69) is 15.0 Å². The molecule has 1 aliphatic rings. The van der Waals surface area contributed by atoms with Crippen molar-refractivity contribution >= 4 is 22.6 Å². The Labute approximate surface area is 175 Å². The lowest BCUT2D eigenvalue weighted by Gasteiger charge is -2.32. The van der Waals surface area contributed by atoms with Crippen LogP contribution in [0.4, 0.5) is 13.2 Å². The van der Waals surface area contributed by atoms with Gasteiger partial charge in [0.25, 0.3) is 5.91 Å². The maximum absolute atomic E-state index is 13.1. The van der Waals surface area contributed by atoms with E-state index in [4.69, 9.17) is 0 Å². The molecule has 0 radical (unpaired) electrons. The van der Waals surface area contributed by atoms with Crippen molar-refractivity contribution in [2.24, 2.45) is 0 Å². The summed E-state index contributed by atoms with van der Waals surface area (Å²) in [7, 11) is 0. The lowest BCUT2D eigenvalue weighted by molar-refractivity contribution is -0.140. The first kappa shape index (κ1) is 19.6. The summed E-state index contributed by atoms with van der Waals surface area (Å²) < 4.78 is 40.7. The normalized spacial score (nSPS) is 17.5. The number of rotatable bonds is 2. The number of carbonyl (C=O) groups is 1. The van der Waals surface area contributed by atoms with Gasteiger partial charge in [-0.05, 0) is 55.7 Å². The third-order valence-electron chi connectivity index (χ3n) is 5.77. The van der Waals surface area contributed by atoms with E-state index in [-0.39, 0.29) is 17.3 Å². The number of hydrogen-bond donors (Lipinski definition) is 1. The molecule has 1 aliphatic heterocycles. The molecule has 31 heavy (non-hydrogen) atoms. The number of halogens is 3. The number of pyridine rings is 2. The average Bonchev–Trinajstić information content (AvgIpc) is 3.35. The van der Waals surface area contributed by atoms with Gasteiger partial charge in [0.1, 0.15) is 17.0 Å². The first-order chi connectivity index (χ1) is 14.8. The highest BCUT2D eigenvalue weighted by molar-refractivity contribution is 5.93. The number of nitrogens with zero attached hydrogens (tertiary/aromatic N) is 4. The number of hydrogen-bond acceptors (Lipinski definition) is 3. The Hall–Kier alpha value is -3.36. The molecular formula is C22H20F3N5O. The van der Waals surface area contributed by atoms with Gasteiger partial charge in [-0.25, -0.2) is 9.97 Å². The van der Waals surface area contributed by atoms with E-state index in [0.29, 0.717) is 24.3 Å². The third kappa shape index (κ3) is 3.64. The number of nitrogens with one attached hydrogen (secondary N) is 1. The predicted octanol–water partition coefficient (Wildman–Crippen LogP) is 4.56. The van der Waals surface area contributed by atoms with Crippen molar-refractivity contribution in [1.29, 1.82) is 0 Å². The monoisotopic (exact) mass is 427 g/mol. The van der Waals surface area contributed by atoms with Crippen LogP contribution in [0.15, 0.2) is 42.7 Å². The number of imidazole rings is 1. The average molecular weight is 427 g/mol. The molecule has 1 fully saturated rings. The Bertz CT molecular complexity index is 1290. The number of aromatic nitrogens is 4. The molecule has 4 aromatic rings. The molecule has 0 bridgehead atoms. The summed E-state index contributed by atoms with van der Waals surface area (Å²) in [5.41, 5.74) is 2.90. The van der Waals surface area contributed by atoms with Gasteiger partial charge in [-0.1, -0.05) is 0 Å². The molecule has 0 spiro atoms. The number of aryl methyl sites for hydroxylation is 1. The summed E-state index contributed by atoms with van der Waals surface area (Å²) in [4.78, 5) is 26.2. The second-order valence-electron chi connectivity index (χ2n) is 8.04. The van der Waals surface area contributed by atoms with Crippen LogP contribution >= 0.6 is 0 Å². The van der Waals surface area contributed by atoms with E-state index in [1.807, 2.05) is 29.7 Å². The molecule has 1 N–H and O–H groups in total. The number of aromatic amines is 1. The first-order valence-electron chi connectivity index (χ1n) is 10.1. The van der Waals surface area contributed by atoms with Crippen LogP contribution in [0.1, 0.15) is 46.2 Å². The van der Waals surface area contributed by atoms with E-state index in [0.717, 1.165) is 35.8 Å². The SMILES string of the molecule is Cc1ccn2cc(C(=O)N3CCC[C@@H](c4cc5nc(C(F)(F)F)ccc5[nH]4)C3)nc2c1. The molecule has 0 unspecified atom stereocenters. The molecule has 0 aromatic carbocycles. The van der Waals surface area contributed by atoms with E-state index in [1.165, 1.54) is 6.07 Å². The number of piperidine rings is 1. The van der Waals surface area contributed by atoms with E-state index >= 15 is 0 Å². The van der Waals surface area contributed by atoms with Crippen LogP contribution in [0.2, 0.25) is 0 Å². The van der Waals surface area contributed by atoms with Gasteiger partial charge in [0, 0.05) is 37.1 Å².